The zero-order valence-electron chi connectivity index (χ0n) is 31.5. The van der Waals surface area contributed by atoms with E-state index in [-0.39, 0.29) is 46.4 Å². The van der Waals surface area contributed by atoms with Gasteiger partial charge in [-0.25, -0.2) is 0 Å². The summed E-state index contributed by atoms with van der Waals surface area (Å²) in [5, 5.41) is 0.208. The highest BCUT2D eigenvalue weighted by Gasteiger charge is 2.54. The zero-order valence-corrected chi connectivity index (χ0v) is 33.5. The standard InChI is InChI=1S/2C18H30O5Si/c2*1-16(2,3)24(5,6)22-13-18-10-9-17(23-18,11-14(19)12-18)8-7-15(20)21-4/h2*9-10H,7-8,11-13H2,1-6H3/t2*17-,18+/m10/s1. The number of hydrogen-bond donors (Lipinski definition) is 0. The summed E-state index contributed by atoms with van der Waals surface area (Å²) in [5.41, 5.74) is -2.72. The van der Waals surface area contributed by atoms with E-state index in [1.54, 1.807) is 0 Å². The summed E-state index contributed by atoms with van der Waals surface area (Å²) in [6.07, 6.45) is 10.6. The van der Waals surface area contributed by atoms with Crippen LogP contribution in [0.1, 0.15) is 92.9 Å². The topological polar surface area (TPSA) is 124 Å². The van der Waals surface area contributed by atoms with Gasteiger partial charge in [-0.3, -0.25) is 19.2 Å². The van der Waals surface area contributed by atoms with Gasteiger partial charge >= 0.3 is 11.9 Å². The smallest absolute Gasteiger partial charge is 0.305 e. The molecule has 0 saturated carbocycles. The van der Waals surface area contributed by atoms with E-state index in [1.165, 1.54) is 14.2 Å². The van der Waals surface area contributed by atoms with E-state index in [9.17, 15) is 19.2 Å². The third-order valence-corrected chi connectivity index (χ3v) is 20.1. The molecule has 2 saturated heterocycles. The summed E-state index contributed by atoms with van der Waals surface area (Å²) in [6, 6.07) is 0. The summed E-state index contributed by atoms with van der Waals surface area (Å²) in [6.45, 7) is 22.7. The van der Waals surface area contributed by atoms with Gasteiger partial charge in [-0.15, -0.1) is 0 Å². The minimum absolute atomic E-state index is 0.104. The Kier molecular flexibility index (Phi) is 12.1. The molecule has 4 bridgehead atoms. The third kappa shape index (κ3) is 9.63. The van der Waals surface area contributed by atoms with Crippen molar-refractivity contribution in [3.8, 4) is 0 Å². The van der Waals surface area contributed by atoms with Crippen LogP contribution in [0.5, 0.6) is 0 Å². The molecule has 0 spiro atoms. The highest BCUT2D eigenvalue weighted by molar-refractivity contribution is 6.74. The zero-order chi connectivity index (χ0) is 36.5. The Bertz CT molecular complexity index is 1190. The average molecular weight is 709 g/mol. The van der Waals surface area contributed by atoms with Crippen molar-refractivity contribution in [2.45, 2.75) is 152 Å². The Morgan fingerprint density at radius 3 is 1.21 bits per heavy atom. The van der Waals surface area contributed by atoms with E-state index in [1.807, 2.05) is 24.3 Å². The molecule has 0 aromatic heterocycles. The first-order valence-electron chi connectivity index (χ1n) is 17.1. The van der Waals surface area contributed by atoms with Crippen LogP contribution >= 0.6 is 0 Å². The molecule has 0 aromatic carbocycles. The van der Waals surface area contributed by atoms with Gasteiger partial charge < -0.3 is 27.8 Å². The number of carbonyl (C=O) groups is 4. The maximum absolute atomic E-state index is 12.3. The van der Waals surface area contributed by atoms with Crippen molar-refractivity contribution in [3.05, 3.63) is 24.3 Å². The van der Waals surface area contributed by atoms with Crippen LogP contribution in [0.2, 0.25) is 36.3 Å². The first-order chi connectivity index (χ1) is 21.9. The lowest BCUT2D eigenvalue weighted by Gasteiger charge is -2.43. The van der Waals surface area contributed by atoms with Gasteiger partial charge in [0.25, 0.3) is 0 Å². The second-order valence-corrected chi connectivity index (χ2v) is 26.8. The van der Waals surface area contributed by atoms with Gasteiger partial charge in [0.2, 0.25) is 0 Å². The molecule has 0 aromatic rings. The Morgan fingerprint density at radius 1 is 0.625 bits per heavy atom. The number of ether oxygens (including phenoxy) is 4. The molecule has 10 nitrogen and oxygen atoms in total. The summed E-state index contributed by atoms with van der Waals surface area (Å²) in [5.74, 6) is -0.242. The van der Waals surface area contributed by atoms with Crippen molar-refractivity contribution < 1.29 is 47.0 Å². The molecule has 4 atom stereocenters. The van der Waals surface area contributed by atoms with Gasteiger partial charge in [-0.2, -0.15) is 0 Å². The van der Waals surface area contributed by atoms with Gasteiger partial charge in [-0.1, -0.05) is 65.8 Å². The van der Waals surface area contributed by atoms with Crippen molar-refractivity contribution in [2.24, 2.45) is 0 Å². The molecular weight excluding hydrogens is 649 g/mol. The van der Waals surface area contributed by atoms with Crippen LogP contribution in [0.3, 0.4) is 0 Å². The quantitative estimate of drug-likeness (QED) is 0.122. The fraction of sp³-hybridized carbons (Fsp3) is 0.778. The number of carbonyl (C=O) groups excluding carboxylic acids is 4. The first-order valence-corrected chi connectivity index (χ1v) is 22.9. The first kappa shape index (κ1) is 40.5. The second-order valence-electron chi connectivity index (χ2n) is 17.2. The van der Waals surface area contributed by atoms with Crippen molar-refractivity contribution in [3.63, 3.8) is 0 Å². The molecule has 4 aliphatic rings. The van der Waals surface area contributed by atoms with Crippen molar-refractivity contribution >= 4 is 40.1 Å². The molecule has 4 heterocycles. The summed E-state index contributed by atoms with van der Waals surface area (Å²) in [7, 11) is -1.10. The highest BCUT2D eigenvalue weighted by Crippen LogP contribution is 2.47. The Morgan fingerprint density at radius 2 is 0.917 bits per heavy atom. The lowest BCUT2D eigenvalue weighted by Crippen LogP contribution is -2.51. The molecule has 12 heteroatoms. The predicted octanol–water partition coefficient (Wildman–Crippen LogP) is 6.78. The number of Topliss-reactive ketones (excluding diaryl/α,β-unsaturated/α-hetero) is 2. The third-order valence-electron chi connectivity index (χ3n) is 11.1. The number of ketones is 2. The van der Waals surface area contributed by atoms with Crippen molar-refractivity contribution in [1.29, 1.82) is 0 Å². The molecular formula is C36H60O10Si2. The van der Waals surface area contributed by atoms with E-state index < -0.39 is 39.0 Å². The van der Waals surface area contributed by atoms with E-state index >= 15 is 0 Å². The van der Waals surface area contributed by atoms with Gasteiger partial charge in [-0.05, 0) is 49.1 Å². The molecule has 0 aliphatic carbocycles. The molecule has 48 heavy (non-hydrogen) atoms. The van der Waals surface area contributed by atoms with Gasteiger partial charge in [0, 0.05) is 38.5 Å². The van der Waals surface area contributed by atoms with Crippen LogP contribution in [-0.4, -0.2) is 90.0 Å². The van der Waals surface area contributed by atoms with Crippen LogP contribution in [0.15, 0.2) is 24.3 Å². The van der Waals surface area contributed by atoms with E-state index in [0.29, 0.717) is 51.7 Å². The lowest BCUT2D eigenvalue weighted by molar-refractivity contribution is -0.165. The minimum Gasteiger partial charge on any atom is -0.469 e. The molecule has 0 amide bonds. The Hall–Kier alpha value is -1.97. The second kappa shape index (κ2) is 14.3. The fourth-order valence-electron chi connectivity index (χ4n) is 5.97. The van der Waals surface area contributed by atoms with Crippen LogP contribution < -0.4 is 0 Å². The van der Waals surface area contributed by atoms with Crippen molar-refractivity contribution in [2.75, 3.05) is 27.4 Å². The minimum atomic E-state index is -1.92. The number of methoxy groups -OCH3 is 2. The molecule has 0 radical (unpaired) electrons. The lowest BCUT2D eigenvalue weighted by atomic mass is 9.88. The largest absolute Gasteiger partial charge is 0.469 e. The van der Waals surface area contributed by atoms with Gasteiger partial charge in [0.05, 0.1) is 38.6 Å². The molecule has 4 rings (SSSR count). The highest BCUT2D eigenvalue weighted by atomic mass is 28.4. The molecule has 4 aliphatic heterocycles. The molecule has 0 N–H and O–H groups in total. The van der Waals surface area contributed by atoms with Crippen molar-refractivity contribution in [1.82, 2.24) is 0 Å². The average Bonchev–Trinajstić information content (AvgIpc) is 3.41. The SMILES string of the molecule is COC(=O)CC[C@@]12C=C[C@@](CO[Si](C)(C)C(C)(C)C)(CC(=O)C1)O2.COC(=O)CC[C@]12C=C[C@](CO[Si](C)(C)C(C)(C)C)(CC(=O)C1)O2. The van der Waals surface area contributed by atoms with Gasteiger partial charge in [0.15, 0.2) is 16.6 Å². The number of esters is 2. The Balaban J connectivity index is 0.000000260. The maximum Gasteiger partial charge on any atom is 0.305 e. The fourth-order valence-corrected chi connectivity index (χ4v) is 8.04. The molecule has 272 valence electrons. The number of rotatable bonds is 12. The summed E-state index contributed by atoms with van der Waals surface area (Å²) in [4.78, 5) is 47.5. The van der Waals surface area contributed by atoms with E-state index in [0.717, 1.165) is 0 Å². The van der Waals surface area contributed by atoms with Crippen LogP contribution in [-0.2, 0) is 47.0 Å². The molecule has 0 unspecified atom stereocenters. The van der Waals surface area contributed by atoms with E-state index in [2.05, 4.69) is 67.7 Å². The predicted molar refractivity (Wildman–Crippen MR) is 189 cm³/mol. The van der Waals surface area contributed by atoms with Crippen LogP contribution in [0.4, 0.5) is 0 Å². The summed E-state index contributed by atoms with van der Waals surface area (Å²) >= 11 is 0. The molecule has 2 fully saturated rings. The monoisotopic (exact) mass is 708 g/mol. The van der Waals surface area contributed by atoms with Crippen LogP contribution in [0, 0.1) is 0 Å². The Labute approximate surface area is 289 Å². The summed E-state index contributed by atoms with van der Waals surface area (Å²) < 4.78 is 34.6. The van der Waals surface area contributed by atoms with E-state index in [4.69, 9.17) is 27.8 Å². The maximum atomic E-state index is 12.3. The number of hydrogen-bond acceptors (Lipinski definition) is 10. The van der Waals surface area contributed by atoms with Gasteiger partial charge in [0.1, 0.15) is 22.8 Å². The normalized spacial score (nSPS) is 29.8. The van der Waals surface area contributed by atoms with Crippen LogP contribution in [0.25, 0.3) is 0 Å². The number of fused-ring (bicyclic) bond motifs is 4.